The number of imidazole rings is 1. The first-order valence-electron chi connectivity index (χ1n) is 6.36. The van der Waals surface area contributed by atoms with Gasteiger partial charge in [-0.1, -0.05) is 19.3 Å². The number of aromatic nitrogens is 2. The maximum Gasteiger partial charge on any atom is 0.148 e. The first-order chi connectivity index (χ1) is 7.86. The second-order valence-electron chi connectivity index (χ2n) is 4.88. The van der Waals surface area contributed by atoms with E-state index >= 15 is 0 Å². The van der Waals surface area contributed by atoms with Crippen molar-refractivity contribution in [3.8, 4) is 0 Å². The summed E-state index contributed by atoms with van der Waals surface area (Å²) in [5.74, 6) is 3.21. The highest BCUT2D eigenvalue weighted by Crippen LogP contribution is 2.36. The molecule has 1 aliphatic carbocycles. The first-order valence-corrected chi connectivity index (χ1v) is 7.15. The molecule has 0 unspecified atom stereocenters. The number of anilines is 1. The third-order valence-electron chi connectivity index (χ3n) is 3.78. The maximum absolute atomic E-state index is 4.73. The highest BCUT2D eigenvalue weighted by atomic mass is 79.9. The first kappa shape index (κ1) is 10.6. The molecule has 0 bridgehead atoms. The number of hydrogen-bond acceptors (Lipinski definition) is 2. The Balaban J connectivity index is 1.93. The molecule has 0 radical (unpaired) electrons. The van der Waals surface area contributed by atoms with Gasteiger partial charge in [0.2, 0.25) is 0 Å². The third kappa shape index (κ3) is 1.77. The van der Waals surface area contributed by atoms with Gasteiger partial charge in [0.1, 0.15) is 16.2 Å². The number of hydrogen-bond donors (Lipinski definition) is 1. The van der Waals surface area contributed by atoms with Crippen molar-refractivity contribution in [3.63, 3.8) is 0 Å². The average molecular weight is 284 g/mol. The Hall–Kier alpha value is -0.510. The van der Waals surface area contributed by atoms with Gasteiger partial charge in [0.15, 0.2) is 0 Å². The molecule has 1 aliphatic heterocycles. The molecule has 4 heteroatoms. The molecule has 3 nitrogen and oxygen atoms in total. The topological polar surface area (TPSA) is 29.9 Å². The Morgan fingerprint density at radius 2 is 2.00 bits per heavy atom. The molecular weight excluding hydrogens is 266 g/mol. The minimum absolute atomic E-state index is 0.693. The van der Waals surface area contributed by atoms with E-state index in [1.807, 2.05) is 0 Å². The predicted molar refractivity (Wildman–Crippen MR) is 68.9 cm³/mol. The molecule has 1 N–H and O–H groups in total. The molecule has 0 amide bonds. The zero-order valence-electron chi connectivity index (χ0n) is 9.51. The molecule has 88 valence electrons. The van der Waals surface area contributed by atoms with Crippen molar-refractivity contribution in [3.05, 3.63) is 10.4 Å². The van der Waals surface area contributed by atoms with E-state index in [1.54, 1.807) is 0 Å². The fourth-order valence-electron chi connectivity index (χ4n) is 2.95. The molecule has 2 aliphatic rings. The Kier molecular flexibility index (Phi) is 2.92. The summed E-state index contributed by atoms with van der Waals surface area (Å²) >= 11 is 3.58. The lowest BCUT2D eigenvalue weighted by molar-refractivity contribution is 0.412. The van der Waals surface area contributed by atoms with E-state index in [0.717, 1.165) is 17.7 Å². The fourth-order valence-corrected chi connectivity index (χ4v) is 3.49. The molecule has 1 aromatic rings. The van der Waals surface area contributed by atoms with Crippen molar-refractivity contribution in [1.82, 2.24) is 9.55 Å². The van der Waals surface area contributed by atoms with E-state index < -0.39 is 0 Å². The number of halogens is 1. The monoisotopic (exact) mass is 283 g/mol. The van der Waals surface area contributed by atoms with Gasteiger partial charge in [-0.3, -0.25) is 0 Å². The van der Waals surface area contributed by atoms with Gasteiger partial charge in [-0.2, -0.15) is 0 Å². The lowest BCUT2D eigenvalue weighted by Gasteiger charge is -2.24. The number of fused-ring (bicyclic) bond motifs is 1. The van der Waals surface area contributed by atoms with Crippen molar-refractivity contribution >= 4 is 21.7 Å². The minimum atomic E-state index is 0.693. The smallest absolute Gasteiger partial charge is 0.148 e. The van der Waals surface area contributed by atoms with Crippen LogP contribution < -0.4 is 5.32 Å². The molecule has 0 aromatic carbocycles. The average Bonchev–Trinajstić information content (AvgIpc) is 2.69. The zero-order chi connectivity index (χ0) is 11.0. The van der Waals surface area contributed by atoms with Crippen LogP contribution in [0.3, 0.4) is 0 Å². The van der Waals surface area contributed by atoms with Crippen molar-refractivity contribution in [2.45, 2.75) is 51.0 Å². The van der Waals surface area contributed by atoms with Gasteiger partial charge < -0.3 is 9.88 Å². The van der Waals surface area contributed by atoms with Crippen LogP contribution in [0.2, 0.25) is 0 Å². The standard InChI is InChI=1S/C12H18BrN3/c13-10-12-14-7-4-8-16(12)11(15-10)9-5-2-1-3-6-9/h9,14H,1-8H2. The van der Waals surface area contributed by atoms with Crippen LogP contribution in [0.25, 0.3) is 0 Å². The largest absolute Gasteiger partial charge is 0.369 e. The van der Waals surface area contributed by atoms with Crippen molar-refractivity contribution < 1.29 is 0 Å². The summed E-state index contributed by atoms with van der Waals surface area (Å²) in [7, 11) is 0. The van der Waals surface area contributed by atoms with Gasteiger partial charge in [0, 0.05) is 19.0 Å². The van der Waals surface area contributed by atoms with Crippen LogP contribution in [-0.2, 0) is 6.54 Å². The van der Waals surface area contributed by atoms with Crippen molar-refractivity contribution in [2.24, 2.45) is 0 Å². The van der Waals surface area contributed by atoms with E-state index in [9.17, 15) is 0 Å². The summed E-state index contributed by atoms with van der Waals surface area (Å²) < 4.78 is 3.40. The summed E-state index contributed by atoms with van der Waals surface area (Å²) in [5, 5.41) is 3.44. The van der Waals surface area contributed by atoms with E-state index in [1.165, 1.54) is 50.2 Å². The van der Waals surface area contributed by atoms with Crippen LogP contribution in [0.15, 0.2) is 4.60 Å². The second kappa shape index (κ2) is 4.40. The molecule has 0 atom stereocenters. The quantitative estimate of drug-likeness (QED) is 0.855. The van der Waals surface area contributed by atoms with E-state index in [4.69, 9.17) is 4.98 Å². The van der Waals surface area contributed by atoms with Gasteiger partial charge >= 0.3 is 0 Å². The minimum Gasteiger partial charge on any atom is -0.369 e. The SMILES string of the molecule is Brc1nc(C2CCCCC2)n2c1NCCC2. The Morgan fingerprint density at radius 3 is 2.81 bits per heavy atom. The van der Waals surface area contributed by atoms with Crippen molar-refractivity contribution in [2.75, 3.05) is 11.9 Å². The second-order valence-corrected chi connectivity index (χ2v) is 5.63. The van der Waals surface area contributed by atoms with E-state index in [-0.39, 0.29) is 0 Å². The molecule has 0 saturated heterocycles. The van der Waals surface area contributed by atoms with Crippen molar-refractivity contribution in [1.29, 1.82) is 0 Å². The highest BCUT2D eigenvalue weighted by molar-refractivity contribution is 9.10. The zero-order valence-corrected chi connectivity index (χ0v) is 11.1. The van der Waals surface area contributed by atoms with Gasteiger partial charge in [-0.05, 0) is 35.2 Å². The molecule has 3 rings (SSSR count). The third-order valence-corrected chi connectivity index (χ3v) is 4.33. The number of nitrogens with one attached hydrogen (secondary N) is 1. The number of rotatable bonds is 1. The van der Waals surface area contributed by atoms with Gasteiger partial charge in [-0.15, -0.1) is 0 Å². The van der Waals surface area contributed by atoms with Crippen LogP contribution in [0.4, 0.5) is 5.82 Å². The maximum atomic E-state index is 4.73. The van der Waals surface area contributed by atoms with Gasteiger partial charge in [-0.25, -0.2) is 4.98 Å². The molecule has 1 fully saturated rings. The lowest BCUT2D eigenvalue weighted by atomic mass is 9.88. The fraction of sp³-hybridized carbons (Fsp3) is 0.750. The number of nitrogens with zero attached hydrogens (tertiary/aromatic N) is 2. The molecular formula is C12H18BrN3. The molecule has 16 heavy (non-hydrogen) atoms. The molecule has 0 spiro atoms. The Bertz CT molecular complexity index is 380. The van der Waals surface area contributed by atoms with Crippen LogP contribution >= 0.6 is 15.9 Å². The van der Waals surface area contributed by atoms with Crippen LogP contribution in [0.1, 0.15) is 50.3 Å². The Morgan fingerprint density at radius 1 is 1.19 bits per heavy atom. The van der Waals surface area contributed by atoms with E-state index in [2.05, 4.69) is 25.8 Å². The highest BCUT2D eigenvalue weighted by Gasteiger charge is 2.25. The summed E-state index contributed by atoms with van der Waals surface area (Å²) in [6.07, 6.45) is 8.01. The predicted octanol–water partition coefficient (Wildman–Crippen LogP) is 3.51. The van der Waals surface area contributed by atoms with Gasteiger partial charge in [0.05, 0.1) is 0 Å². The van der Waals surface area contributed by atoms with Gasteiger partial charge in [0.25, 0.3) is 0 Å². The molecule has 1 aromatic heterocycles. The summed E-state index contributed by atoms with van der Waals surface area (Å²) in [6, 6.07) is 0. The van der Waals surface area contributed by atoms with Crippen LogP contribution in [0, 0.1) is 0 Å². The molecule has 2 heterocycles. The van der Waals surface area contributed by atoms with E-state index in [0.29, 0.717) is 5.92 Å². The van der Waals surface area contributed by atoms with Crippen LogP contribution in [-0.4, -0.2) is 16.1 Å². The summed E-state index contributed by atoms with van der Waals surface area (Å²) in [5.41, 5.74) is 0. The van der Waals surface area contributed by atoms with Crippen LogP contribution in [0.5, 0.6) is 0 Å². The Labute approximate surface area is 105 Å². The normalized spacial score (nSPS) is 21.6. The molecule has 1 saturated carbocycles. The summed E-state index contributed by atoms with van der Waals surface area (Å²) in [4.78, 5) is 4.73. The summed E-state index contributed by atoms with van der Waals surface area (Å²) in [6.45, 7) is 2.21. The lowest BCUT2D eigenvalue weighted by Crippen LogP contribution is -2.20.